The highest BCUT2D eigenvalue weighted by molar-refractivity contribution is 7.11. The summed E-state index contributed by atoms with van der Waals surface area (Å²) in [6.07, 6.45) is 0. The molecule has 0 spiro atoms. The first-order valence-corrected chi connectivity index (χ1v) is 6.04. The van der Waals surface area contributed by atoms with Gasteiger partial charge in [0.1, 0.15) is 0 Å². The van der Waals surface area contributed by atoms with Crippen LogP contribution in [0, 0.1) is 0 Å². The molecule has 0 atom stereocenters. The number of nitrogens with zero attached hydrogens (tertiary/aromatic N) is 2. The summed E-state index contributed by atoms with van der Waals surface area (Å²) >= 11 is 0.940. The average Bonchev–Trinajstić information content (AvgIpc) is 2.77. The molecule has 1 heterocycles. The molecule has 0 saturated carbocycles. The Morgan fingerprint density at radius 3 is 2.67 bits per heavy atom. The molecule has 1 aromatic heterocycles. The van der Waals surface area contributed by atoms with Crippen molar-refractivity contribution in [1.82, 2.24) is 15.2 Å². The summed E-state index contributed by atoms with van der Waals surface area (Å²) in [5.41, 5.74) is -0.172. The fourth-order valence-corrected chi connectivity index (χ4v) is 1.96. The Bertz CT molecular complexity index is 471. The maximum atomic E-state index is 11.8. The van der Waals surface area contributed by atoms with Gasteiger partial charge in [0.15, 0.2) is 10.7 Å². The van der Waals surface area contributed by atoms with Crippen molar-refractivity contribution in [3.63, 3.8) is 0 Å². The van der Waals surface area contributed by atoms with Crippen molar-refractivity contribution in [3.05, 3.63) is 16.1 Å². The SMILES string of the molecule is CCNC(=O)CN(C)C(=O)c1nc(C(=O)O)cs1. The normalized spacial score (nSPS) is 9.89. The Morgan fingerprint density at radius 1 is 1.50 bits per heavy atom. The predicted molar refractivity (Wildman–Crippen MR) is 64.7 cm³/mol. The van der Waals surface area contributed by atoms with E-state index in [-0.39, 0.29) is 23.2 Å². The second-order valence-electron chi connectivity index (χ2n) is 3.46. The van der Waals surface area contributed by atoms with Gasteiger partial charge in [0.25, 0.3) is 5.91 Å². The minimum Gasteiger partial charge on any atom is -0.476 e. The zero-order valence-corrected chi connectivity index (χ0v) is 10.8. The molecule has 0 aliphatic carbocycles. The molecule has 0 aromatic carbocycles. The van der Waals surface area contributed by atoms with Gasteiger partial charge in [0.2, 0.25) is 5.91 Å². The summed E-state index contributed by atoms with van der Waals surface area (Å²) in [6.45, 7) is 2.18. The number of aromatic carboxylic acids is 1. The third-order valence-electron chi connectivity index (χ3n) is 2.01. The predicted octanol–water partition coefficient (Wildman–Crippen LogP) is 0.0494. The molecule has 2 N–H and O–H groups in total. The lowest BCUT2D eigenvalue weighted by Crippen LogP contribution is -2.38. The lowest BCUT2D eigenvalue weighted by Gasteiger charge is -2.14. The number of carbonyl (C=O) groups excluding carboxylic acids is 2. The van der Waals surface area contributed by atoms with Crippen LogP contribution in [0.1, 0.15) is 27.2 Å². The van der Waals surface area contributed by atoms with E-state index in [9.17, 15) is 14.4 Å². The van der Waals surface area contributed by atoms with Gasteiger partial charge in [-0.25, -0.2) is 9.78 Å². The third-order valence-corrected chi connectivity index (χ3v) is 2.84. The van der Waals surface area contributed by atoms with Crippen molar-refractivity contribution in [1.29, 1.82) is 0 Å². The molecule has 98 valence electrons. The number of rotatable bonds is 5. The Hall–Kier alpha value is -1.96. The van der Waals surface area contributed by atoms with Gasteiger partial charge in [0, 0.05) is 19.0 Å². The van der Waals surface area contributed by atoms with Crippen LogP contribution in [0.4, 0.5) is 0 Å². The maximum Gasteiger partial charge on any atom is 0.355 e. The summed E-state index contributed by atoms with van der Waals surface area (Å²) in [7, 11) is 1.46. The zero-order chi connectivity index (χ0) is 13.7. The Labute approximate surface area is 107 Å². The van der Waals surface area contributed by atoms with Crippen LogP contribution in [0.25, 0.3) is 0 Å². The minimum absolute atomic E-state index is 0.0548. The van der Waals surface area contributed by atoms with Gasteiger partial charge >= 0.3 is 5.97 Å². The summed E-state index contributed by atoms with van der Waals surface area (Å²) in [4.78, 5) is 38.6. The highest BCUT2D eigenvalue weighted by atomic mass is 32.1. The van der Waals surface area contributed by atoms with Gasteiger partial charge in [-0.2, -0.15) is 0 Å². The van der Waals surface area contributed by atoms with Gasteiger partial charge < -0.3 is 15.3 Å². The molecule has 0 bridgehead atoms. The molecule has 0 fully saturated rings. The second kappa shape index (κ2) is 6.10. The molecule has 1 rings (SSSR count). The van der Waals surface area contributed by atoms with E-state index in [1.54, 1.807) is 6.92 Å². The molecule has 18 heavy (non-hydrogen) atoms. The standard InChI is InChI=1S/C10H13N3O4S/c1-3-11-7(14)4-13(2)9(15)8-12-6(5-18-8)10(16)17/h5H,3-4H2,1-2H3,(H,11,14)(H,16,17). The first-order chi connectivity index (χ1) is 8.45. The molecule has 8 heteroatoms. The Balaban J connectivity index is 2.68. The number of hydrogen-bond acceptors (Lipinski definition) is 5. The number of aromatic nitrogens is 1. The molecular formula is C10H13N3O4S. The quantitative estimate of drug-likeness (QED) is 0.788. The van der Waals surface area contributed by atoms with E-state index in [0.29, 0.717) is 6.54 Å². The number of carboxylic acid groups (broad SMARTS) is 1. The number of likely N-dealkylation sites (N-methyl/N-ethyl adjacent to an activating group) is 2. The van der Waals surface area contributed by atoms with Gasteiger partial charge in [-0.05, 0) is 6.92 Å². The summed E-state index contributed by atoms with van der Waals surface area (Å²) in [5.74, 6) is -1.93. The molecule has 0 radical (unpaired) electrons. The highest BCUT2D eigenvalue weighted by Crippen LogP contribution is 2.11. The fourth-order valence-electron chi connectivity index (χ4n) is 1.17. The fraction of sp³-hybridized carbons (Fsp3) is 0.400. The number of carboxylic acids is 1. The van der Waals surface area contributed by atoms with Crippen molar-refractivity contribution < 1.29 is 19.5 Å². The van der Waals surface area contributed by atoms with E-state index in [4.69, 9.17) is 5.11 Å². The second-order valence-corrected chi connectivity index (χ2v) is 4.32. The van der Waals surface area contributed by atoms with E-state index in [0.717, 1.165) is 11.3 Å². The summed E-state index contributed by atoms with van der Waals surface area (Å²) < 4.78 is 0. The van der Waals surface area contributed by atoms with Crippen LogP contribution < -0.4 is 5.32 Å². The van der Waals surface area contributed by atoms with Gasteiger partial charge in [0.05, 0.1) is 6.54 Å². The van der Waals surface area contributed by atoms with Crippen LogP contribution in [-0.2, 0) is 4.79 Å². The van der Waals surface area contributed by atoms with Crippen LogP contribution in [0.15, 0.2) is 5.38 Å². The third kappa shape index (κ3) is 3.52. The van der Waals surface area contributed by atoms with Crippen molar-refractivity contribution in [2.24, 2.45) is 0 Å². The van der Waals surface area contributed by atoms with E-state index >= 15 is 0 Å². The largest absolute Gasteiger partial charge is 0.476 e. The molecule has 7 nitrogen and oxygen atoms in total. The van der Waals surface area contributed by atoms with Crippen LogP contribution in [0.3, 0.4) is 0 Å². The number of hydrogen-bond donors (Lipinski definition) is 2. The number of nitrogens with one attached hydrogen (secondary N) is 1. The minimum atomic E-state index is -1.18. The van der Waals surface area contributed by atoms with Crippen molar-refractivity contribution in [2.45, 2.75) is 6.92 Å². The Kier molecular flexibility index (Phi) is 4.78. The van der Waals surface area contributed by atoms with E-state index in [1.807, 2.05) is 0 Å². The van der Waals surface area contributed by atoms with Crippen LogP contribution in [0.5, 0.6) is 0 Å². The van der Waals surface area contributed by atoms with Crippen molar-refractivity contribution in [3.8, 4) is 0 Å². The molecule has 0 unspecified atom stereocenters. The van der Waals surface area contributed by atoms with E-state index in [2.05, 4.69) is 10.3 Å². The van der Waals surface area contributed by atoms with Gasteiger partial charge in [-0.3, -0.25) is 9.59 Å². The summed E-state index contributed by atoms with van der Waals surface area (Å²) in [5, 5.41) is 12.6. The van der Waals surface area contributed by atoms with Gasteiger partial charge in [-0.1, -0.05) is 0 Å². The lowest BCUT2D eigenvalue weighted by molar-refractivity contribution is -0.121. The molecule has 0 saturated heterocycles. The topological polar surface area (TPSA) is 99.6 Å². The Morgan fingerprint density at radius 2 is 2.17 bits per heavy atom. The van der Waals surface area contributed by atoms with Gasteiger partial charge in [-0.15, -0.1) is 11.3 Å². The molecular weight excluding hydrogens is 258 g/mol. The first-order valence-electron chi connectivity index (χ1n) is 5.16. The number of thiazole rings is 1. The van der Waals surface area contributed by atoms with E-state index < -0.39 is 11.9 Å². The van der Waals surface area contributed by atoms with Crippen LogP contribution >= 0.6 is 11.3 Å². The maximum absolute atomic E-state index is 11.8. The molecule has 2 amide bonds. The molecule has 0 aliphatic rings. The number of amides is 2. The summed E-state index contributed by atoms with van der Waals surface area (Å²) in [6, 6.07) is 0. The lowest BCUT2D eigenvalue weighted by atomic mass is 10.4. The molecule has 1 aromatic rings. The zero-order valence-electron chi connectivity index (χ0n) is 9.97. The monoisotopic (exact) mass is 271 g/mol. The number of carbonyl (C=O) groups is 3. The van der Waals surface area contributed by atoms with E-state index in [1.165, 1.54) is 17.3 Å². The average molecular weight is 271 g/mol. The molecule has 0 aliphatic heterocycles. The van der Waals surface area contributed by atoms with Crippen molar-refractivity contribution in [2.75, 3.05) is 20.1 Å². The smallest absolute Gasteiger partial charge is 0.355 e. The van der Waals surface area contributed by atoms with Crippen LogP contribution in [-0.4, -0.2) is 52.9 Å². The van der Waals surface area contributed by atoms with Crippen molar-refractivity contribution >= 4 is 29.1 Å². The first kappa shape index (κ1) is 14.1. The highest BCUT2D eigenvalue weighted by Gasteiger charge is 2.19. The van der Waals surface area contributed by atoms with Crippen LogP contribution in [0.2, 0.25) is 0 Å².